The molecule has 5 heteroatoms. The van der Waals surface area contributed by atoms with Crippen molar-refractivity contribution in [1.29, 1.82) is 0 Å². The third-order valence-corrected chi connectivity index (χ3v) is 2.57. The Balaban J connectivity index is 1.97. The van der Waals surface area contributed by atoms with Gasteiger partial charge in [-0.05, 0) is 43.3 Å². The number of carbonyl (C=O) groups excluding carboxylic acids is 1. The van der Waals surface area contributed by atoms with Gasteiger partial charge in [0.05, 0.1) is 6.61 Å². The summed E-state index contributed by atoms with van der Waals surface area (Å²) in [7, 11) is 0. The SMILES string of the molecule is CCOc1cccc(NC(=O)Nc2ccc(N)cc2)c1. The minimum Gasteiger partial charge on any atom is -0.494 e. The molecule has 0 spiro atoms. The van der Waals surface area contributed by atoms with Crippen LogP contribution in [-0.4, -0.2) is 12.6 Å². The lowest BCUT2D eigenvalue weighted by Crippen LogP contribution is -2.19. The quantitative estimate of drug-likeness (QED) is 0.747. The maximum atomic E-state index is 11.8. The summed E-state index contributed by atoms with van der Waals surface area (Å²) in [6.07, 6.45) is 0. The van der Waals surface area contributed by atoms with E-state index in [4.69, 9.17) is 10.5 Å². The first kappa shape index (κ1) is 13.7. The Morgan fingerprint density at radius 1 is 1.10 bits per heavy atom. The van der Waals surface area contributed by atoms with Crippen LogP contribution in [0.5, 0.6) is 5.75 Å². The Morgan fingerprint density at radius 2 is 1.80 bits per heavy atom. The van der Waals surface area contributed by atoms with Crippen LogP contribution in [0.4, 0.5) is 21.9 Å². The van der Waals surface area contributed by atoms with Gasteiger partial charge in [0.1, 0.15) is 5.75 Å². The summed E-state index contributed by atoms with van der Waals surface area (Å²) in [6.45, 7) is 2.50. The second-order valence-corrected chi connectivity index (χ2v) is 4.16. The van der Waals surface area contributed by atoms with Crippen LogP contribution in [0, 0.1) is 0 Å². The van der Waals surface area contributed by atoms with E-state index in [0.717, 1.165) is 5.75 Å². The van der Waals surface area contributed by atoms with Crippen molar-refractivity contribution in [2.75, 3.05) is 23.0 Å². The highest BCUT2D eigenvalue weighted by atomic mass is 16.5. The van der Waals surface area contributed by atoms with Crippen molar-refractivity contribution in [3.63, 3.8) is 0 Å². The van der Waals surface area contributed by atoms with Crippen molar-refractivity contribution in [3.8, 4) is 5.75 Å². The van der Waals surface area contributed by atoms with Gasteiger partial charge in [-0.15, -0.1) is 0 Å². The molecule has 0 aromatic heterocycles. The number of hydrogen-bond acceptors (Lipinski definition) is 3. The fourth-order valence-corrected chi connectivity index (χ4v) is 1.69. The third-order valence-electron chi connectivity index (χ3n) is 2.57. The van der Waals surface area contributed by atoms with Crippen molar-refractivity contribution >= 4 is 23.1 Å². The van der Waals surface area contributed by atoms with Crippen LogP contribution < -0.4 is 21.1 Å². The molecule has 0 bridgehead atoms. The summed E-state index contributed by atoms with van der Waals surface area (Å²) in [5, 5.41) is 5.47. The van der Waals surface area contributed by atoms with E-state index in [1.54, 1.807) is 36.4 Å². The van der Waals surface area contributed by atoms with E-state index >= 15 is 0 Å². The second-order valence-electron chi connectivity index (χ2n) is 4.16. The Morgan fingerprint density at radius 3 is 2.50 bits per heavy atom. The van der Waals surface area contributed by atoms with Crippen LogP contribution in [0.25, 0.3) is 0 Å². The minimum absolute atomic E-state index is 0.316. The molecule has 4 N–H and O–H groups in total. The summed E-state index contributed by atoms with van der Waals surface area (Å²) in [6, 6.07) is 13.9. The molecule has 0 radical (unpaired) electrons. The molecule has 0 saturated heterocycles. The zero-order valence-corrected chi connectivity index (χ0v) is 11.2. The number of carbonyl (C=O) groups is 1. The van der Waals surface area contributed by atoms with E-state index in [1.807, 2.05) is 19.1 Å². The predicted octanol–water partition coefficient (Wildman–Crippen LogP) is 3.31. The smallest absolute Gasteiger partial charge is 0.323 e. The Hall–Kier alpha value is -2.69. The highest BCUT2D eigenvalue weighted by molar-refractivity contribution is 5.99. The topological polar surface area (TPSA) is 76.4 Å². The number of anilines is 3. The number of rotatable bonds is 4. The van der Waals surface area contributed by atoms with Gasteiger partial charge in [0.15, 0.2) is 0 Å². The minimum atomic E-state index is -0.316. The molecular weight excluding hydrogens is 254 g/mol. The first-order valence-electron chi connectivity index (χ1n) is 6.34. The molecule has 0 aliphatic rings. The molecule has 2 amide bonds. The summed E-state index contributed by atoms with van der Waals surface area (Å²) >= 11 is 0. The van der Waals surface area contributed by atoms with Gasteiger partial charge in [-0.25, -0.2) is 4.79 Å². The number of ether oxygens (including phenoxy) is 1. The Labute approximate surface area is 117 Å². The Bertz CT molecular complexity index is 582. The largest absolute Gasteiger partial charge is 0.494 e. The fraction of sp³-hybridized carbons (Fsp3) is 0.133. The van der Waals surface area contributed by atoms with Crippen molar-refractivity contribution in [3.05, 3.63) is 48.5 Å². The number of nitrogen functional groups attached to an aromatic ring is 1. The van der Waals surface area contributed by atoms with E-state index in [-0.39, 0.29) is 6.03 Å². The molecular formula is C15H17N3O2. The zero-order chi connectivity index (χ0) is 14.4. The van der Waals surface area contributed by atoms with Crippen molar-refractivity contribution in [1.82, 2.24) is 0 Å². The van der Waals surface area contributed by atoms with E-state index in [9.17, 15) is 4.79 Å². The molecule has 0 aliphatic carbocycles. The molecule has 20 heavy (non-hydrogen) atoms. The number of urea groups is 1. The van der Waals surface area contributed by atoms with Gasteiger partial charge in [0.2, 0.25) is 0 Å². The van der Waals surface area contributed by atoms with Gasteiger partial charge in [-0.1, -0.05) is 6.07 Å². The average Bonchev–Trinajstić information content (AvgIpc) is 2.42. The Kier molecular flexibility index (Phi) is 4.44. The van der Waals surface area contributed by atoms with Gasteiger partial charge in [-0.3, -0.25) is 0 Å². The first-order valence-corrected chi connectivity index (χ1v) is 6.34. The third kappa shape index (κ3) is 3.91. The van der Waals surface area contributed by atoms with Crippen LogP contribution in [0.1, 0.15) is 6.92 Å². The van der Waals surface area contributed by atoms with E-state index in [1.165, 1.54) is 0 Å². The number of nitrogens with one attached hydrogen (secondary N) is 2. The van der Waals surface area contributed by atoms with Gasteiger partial charge in [-0.2, -0.15) is 0 Å². The molecule has 0 fully saturated rings. The fourth-order valence-electron chi connectivity index (χ4n) is 1.69. The van der Waals surface area contributed by atoms with E-state index < -0.39 is 0 Å². The summed E-state index contributed by atoms with van der Waals surface area (Å²) in [5.74, 6) is 0.720. The highest BCUT2D eigenvalue weighted by Gasteiger charge is 2.03. The molecule has 0 unspecified atom stereocenters. The lowest BCUT2D eigenvalue weighted by Gasteiger charge is -2.09. The molecule has 104 valence electrons. The molecule has 2 aromatic carbocycles. The number of nitrogens with two attached hydrogens (primary N) is 1. The number of hydrogen-bond donors (Lipinski definition) is 3. The van der Waals surface area contributed by atoms with Gasteiger partial charge in [0, 0.05) is 23.1 Å². The first-order chi connectivity index (χ1) is 9.67. The molecule has 0 atom stereocenters. The van der Waals surface area contributed by atoms with E-state index in [0.29, 0.717) is 23.7 Å². The van der Waals surface area contributed by atoms with Gasteiger partial charge in [0.25, 0.3) is 0 Å². The normalized spacial score (nSPS) is 9.85. The maximum absolute atomic E-state index is 11.8. The van der Waals surface area contributed by atoms with Gasteiger partial charge >= 0.3 is 6.03 Å². The van der Waals surface area contributed by atoms with Crippen LogP contribution in [-0.2, 0) is 0 Å². The molecule has 2 aromatic rings. The maximum Gasteiger partial charge on any atom is 0.323 e. The molecule has 0 aliphatic heterocycles. The molecule has 0 heterocycles. The number of benzene rings is 2. The number of amides is 2. The standard InChI is InChI=1S/C15H17N3O2/c1-2-20-14-5-3-4-13(10-14)18-15(19)17-12-8-6-11(16)7-9-12/h3-10H,2,16H2,1H3,(H2,17,18,19). The lowest BCUT2D eigenvalue weighted by atomic mass is 10.3. The second kappa shape index (κ2) is 6.47. The monoisotopic (exact) mass is 271 g/mol. The van der Waals surface area contributed by atoms with Crippen molar-refractivity contribution in [2.45, 2.75) is 6.92 Å². The molecule has 0 saturated carbocycles. The molecule has 2 rings (SSSR count). The summed E-state index contributed by atoms with van der Waals surface area (Å²) in [4.78, 5) is 11.8. The molecule has 5 nitrogen and oxygen atoms in total. The average molecular weight is 271 g/mol. The van der Waals surface area contributed by atoms with Gasteiger partial charge < -0.3 is 21.1 Å². The summed E-state index contributed by atoms with van der Waals surface area (Å²) < 4.78 is 5.37. The van der Waals surface area contributed by atoms with Crippen molar-refractivity contribution < 1.29 is 9.53 Å². The zero-order valence-electron chi connectivity index (χ0n) is 11.2. The van der Waals surface area contributed by atoms with Crippen LogP contribution in [0.3, 0.4) is 0 Å². The van der Waals surface area contributed by atoms with E-state index in [2.05, 4.69) is 10.6 Å². The summed E-state index contributed by atoms with van der Waals surface area (Å²) in [5.41, 5.74) is 7.59. The predicted molar refractivity (Wildman–Crippen MR) is 81.1 cm³/mol. The van der Waals surface area contributed by atoms with Crippen LogP contribution in [0.2, 0.25) is 0 Å². The lowest BCUT2D eigenvalue weighted by molar-refractivity contribution is 0.262. The van der Waals surface area contributed by atoms with Crippen LogP contribution >= 0.6 is 0 Å². The van der Waals surface area contributed by atoms with Crippen molar-refractivity contribution in [2.24, 2.45) is 0 Å². The van der Waals surface area contributed by atoms with Crippen LogP contribution in [0.15, 0.2) is 48.5 Å². The highest BCUT2D eigenvalue weighted by Crippen LogP contribution is 2.18.